The Balaban J connectivity index is 1.41. The number of morpholine rings is 1. The van der Waals surface area contributed by atoms with E-state index in [-0.39, 0.29) is 11.5 Å². The molecule has 1 saturated heterocycles. The summed E-state index contributed by atoms with van der Waals surface area (Å²) in [7, 11) is -3.62. The van der Waals surface area contributed by atoms with Gasteiger partial charge in [0.2, 0.25) is 10.0 Å². The first-order valence-electron chi connectivity index (χ1n) is 11.2. The van der Waals surface area contributed by atoms with Crippen LogP contribution in [0.1, 0.15) is 28.8 Å². The fourth-order valence-electron chi connectivity index (χ4n) is 4.12. The van der Waals surface area contributed by atoms with Crippen LogP contribution in [0.4, 0.5) is 0 Å². The van der Waals surface area contributed by atoms with Crippen LogP contribution in [0.3, 0.4) is 0 Å². The van der Waals surface area contributed by atoms with E-state index in [2.05, 4.69) is 11.9 Å². The number of ether oxygens (including phenoxy) is 2. The number of carbonyl (C=O) groups excluding carboxylic acids is 1. The van der Waals surface area contributed by atoms with Gasteiger partial charge in [-0.15, -0.1) is 11.3 Å². The third kappa shape index (κ3) is 4.34. The minimum Gasteiger partial charge on any atom is -0.453 e. The van der Waals surface area contributed by atoms with E-state index in [0.29, 0.717) is 49.1 Å². The molecule has 0 unspecified atom stereocenters. The molecule has 0 atom stereocenters. The van der Waals surface area contributed by atoms with Crippen LogP contribution in [0.25, 0.3) is 21.1 Å². The Kier molecular flexibility index (Phi) is 6.39. The van der Waals surface area contributed by atoms with Gasteiger partial charge in [-0.1, -0.05) is 25.1 Å². The number of rotatable bonds is 7. The van der Waals surface area contributed by atoms with Gasteiger partial charge in [-0.05, 0) is 42.1 Å². The minimum absolute atomic E-state index is 0.00725. The Labute approximate surface area is 201 Å². The second kappa shape index (κ2) is 9.46. The third-order valence-electron chi connectivity index (χ3n) is 5.81. The molecule has 1 aliphatic rings. The highest BCUT2D eigenvalue weighted by Crippen LogP contribution is 2.27. The zero-order chi connectivity index (χ0) is 23.7. The average Bonchev–Trinajstić information content (AvgIpc) is 3.44. The zero-order valence-electron chi connectivity index (χ0n) is 18.8. The van der Waals surface area contributed by atoms with Crippen molar-refractivity contribution in [1.29, 1.82) is 0 Å². The normalized spacial score (nSPS) is 15.2. The molecule has 0 radical (unpaired) electrons. The van der Waals surface area contributed by atoms with Crippen LogP contribution < -0.4 is 0 Å². The first kappa shape index (κ1) is 23.0. The number of hydrogen-bond donors (Lipinski definition) is 0. The molecule has 0 saturated carbocycles. The van der Waals surface area contributed by atoms with Gasteiger partial charge in [-0.3, -0.25) is 0 Å². The summed E-state index contributed by atoms with van der Waals surface area (Å²) in [5, 5.41) is 1.01. The van der Waals surface area contributed by atoms with Crippen LogP contribution >= 0.6 is 11.3 Å². The number of nitrogens with zero attached hydrogens (tertiary/aromatic N) is 3. The number of esters is 1. The largest absolute Gasteiger partial charge is 0.453 e. The highest BCUT2D eigenvalue weighted by molar-refractivity contribution is 7.89. The van der Waals surface area contributed by atoms with Crippen molar-refractivity contribution in [2.75, 3.05) is 26.3 Å². The molecular formula is C24H25N3O5S2. The highest BCUT2D eigenvalue weighted by Gasteiger charge is 2.27. The lowest BCUT2D eigenvalue weighted by molar-refractivity contribution is 0.0464. The Hall–Kier alpha value is -2.79. The van der Waals surface area contributed by atoms with E-state index < -0.39 is 16.0 Å². The van der Waals surface area contributed by atoms with E-state index in [9.17, 15) is 13.2 Å². The molecule has 1 fully saturated rings. The molecule has 34 heavy (non-hydrogen) atoms. The van der Waals surface area contributed by atoms with Crippen molar-refractivity contribution in [3.63, 3.8) is 0 Å². The van der Waals surface area contributed by atoms with Gasteiger partial charge in [0.1, 0.15) is 17.3 Å². The fourth-order valence-corrected chi connectivity index (χ4v) is 6.51. The molecule has 2 aromatic heterocycles. The summed E-state index contributed by atoms with van der Waals surface area (Å²) in [6, 6.07) is 14.6. The Morgan fingerprint density at radius 1 is 1.15 bits per heavy atom. The summed E-state index contributed by atoms with van der Waals surface area (Å²) in [5.74, 6) is 0.194. The van der Waals surface area contributed by atoms with Crippen molar-refractivity contribution in [3.05, 3.63) is 59.2 Å². The van der Waals surface area contributed by atoms with Gasteiger partial charge < -0.3 is 14.0 Å². The van der Waals surface area contributed by atoms with E-state index in [4.69, 9.17) is 9.47 Å². The van der Waals surface area contributed by atoms with Crippen LogP contribution in [-0.4, -0.2) is 54.5 Å². The quantitative estimate of drug-likeness (QED) is 0.357. The number of carbonyl (C=O) groups is 1. The SMILES string of the molecule is CCCn1c(COC(=O)c2cc3ccccc3s2)nc2cc(S(=O)(=O)N3CCOCC3)ccc21. The van der Waals surface area contributed by atoms with Crippen LogP contribution in [0, 0.1) is 0 Å². The lowest BCUT2D eigenvalue weighted by Crippen LogP contribution is -2.40. The van der Waals surface area contributed by atoms with Gasteiger partial charge in [0.25, 0.3) is 0 Å². The van der Waals surface area contributed by atoms with Gasteiger partial charge in [-0.25, -0.2) is 18.2 Å². The smallest absolute Gasteiger partial charge is 0.348 e. The van der Waals surface area contributed by atoms with Crippen molar-refractivity contribution in [2.24, 2.45) is 0 Å². The number of aromatic nitrogens is 2. The van der Waals surface area contributed by atoms with Crippen LogP contribution in [0.15, 0.2) is 53.4 Å². The number of benzene rings is 2. The Bertz CT molecular complexity index is 1420. The third-order valence-corrected chi connectivity index (χ3v) is 8.80. The number of aryl methyl sites for hydroxylation is 1. The van der Waals surface area contributed by atoms with Gasteiger partial charge in [0.15, 0.2) is 0 Å². The molecule has 5 rings (SSSR count). The summed E-state index contributed by atoms with van der Waals surface area (Å²) < 4.78 is 41.5. The summed E-state index contributed by atoms with van der Waals surface area (Å²) in [5.41, 5.74) is 1.38. The van der Waals surface area contributed by atoms with E-state index in [1.165, 1.54) is 15.6 Å². The number of imidazole rings is 1. The molecule has 0 aliphatic carbocycles. The van der Waals surface area contributed by atoms with Crippen LogP contribution in [-0.2, 0) is 32.6 Å². The molecule has 4 aromatic rings. The minimum atomic E-state index is -3.62. The van der Waals surface area contributed by atoms with Crippen molar-refractivity contribution in [2.45, 2.75) is 31.4 Å². The number of fused-ring (bicyclic) bond motifs is 2. The Morgan fingerprint density at radius 2 is 1.94 bits per heavy atom. The Morgan fingerprint density at radius 3 is 2.71 bits per heavy atom. The molecule has 0 amide bonds. The lowest BCUT2D eigenvalue weighted by Gasteiger charge is -2.26. The van der Waals surface area contributed by atoms with E-state index in [1.54, 1.807) is 18.2 Å². The molecule has 178 valence electrons. The van der Waals surface area contributed by atoms with Crippen molar-refractivity contribution in [1.82, 2.24) is 13.9 Å². The number of hydrogen-bond acceptors (Lipinski definition) is 7. The van der Waals surface area contributed by atoms with E-state index in [0.717, 1.165) is 22.0 Å². The van der Waals surface area contributed by atoms with Crippen molar-refractivity contribution >= 4 is 48.4 Å². The lowest BCUT2D eigenvalue weighted by atomic mass is 10.2. The number of thiophene rings is 1. The van der Waals surface area contributed by atoms with Crippen molar-refractivity contribution < 1.29 is 22.7 Å². The van der Waals surface area contributed by atoms with E-state index >= 15 is 0 Å². The molecule has 0 spiro atoms. The predicted molar refractivity (Wildman–Crippen MR) is 131 cm³/mol. The topological polar surface area (TPSA) is 90.7 Å². The molecular weight excluding hydrogens is 474 g/mol. The highest BCUT2D eigenvalue weighted by atomic mass is 32.2. The van der Waals surface area contributed by atoms with Crippen LogP contribution in [0.5, 0.6) is 0 Å². The second-order valence-corrected chi connectivity index (χ2v) is 11.1. The molecule has 10 heteroatoms. The average molecular weight is 500 g/mol. The summed E-state index contributed by atoms with van der Waals surface area (Å²) in [6.07, 6.45) is 0.858. The van der Waals surface area contributed by atoms with Crippen LogP contribution in [0.2, 0.25) is 0 Å². The molecule has 0 N–H and O–H groups in total. The molecule has 2 aromatic carbocycles. The monoisotopic (exact) mass is 499 g/mol. The predicted octanol–water partition coefficient (Wildman–Crippen LogP) is 4.04. The second-order valence-electron chi connectivity index (χ2n) is 8.07. The summed E-state index contributed by atoms with van der Waals surface area (Å²) in [6.45, 7) is 4.20. The maximum absolute atomic E-state index is 13.1. The molecule has 8 nitrogen and oxygen atoms in total. The van der Waals surface area contributed by atoms with Gasteiger partial charge >= 0.3 is 5.97 Å². The van der Waals surface area contributed by atoms with Gasteiger partial charge in [0, 0.05) is 24.3 Å². The maximum Gasteiger partial charge on any atom is 0.348 e. The molecule has 3 heterocycles. The zero-order valence-corrected chi connectivity index (χ0v) is 20.4. The molecule has 0 bridgehead atoms. The summed E-state index contributed by atoms with van der Waals surface area (Å²) >= 11 is 1.40. The molecule has 1 aliphatic heterocycles. The standard InChI is InChI=1S/C24H25N3O5S2/c1-2-9-27-20-8-7-18(34(29,30)26-10-12-31-13-11-26)15-19(20)25-23(27)16-32-24(28)22-14-17-5-3-4-6-21(17)33-22/h3-8,14-15H,2,9-13,16H2,1H3. The van der Waals surface area contributed by atoms with E-state index in [1.807, 2.05) is 34.9 Å². The van der Waals surface area contributed by atoms with Gasteiger partial charge in [-0.2, -0.15) is 4.31 Å². The van der Waals surface area contributed by atoms with Crippen molar-refractivity contribution in [3.8, 4) is 0 Å². The first-order valence-corrected chi connectivity index (χ1v) is 13.5. The van der Waals surface area contributed by atoms with Gasteiger partial charge in [0.05, 0.1) is 29.1 Å². The maximum atomic E-state index is 13.1. The first-order chi connectivity index (χ1) is 16.5. The number of sulfonamides is 1. The summed E-state index contributed by atoms with van der Waals surface area (Å²) in [4.78, 5) is 18.1. The fraction of sp³-hybridized carbons (Fsp3) is 0.333.